The zero-order valence-corrected chi connectivity index (χ0v) is 17.5. The van der Waals surface area contributed by atoms with E-state index in [1.807, 2.05) is 25.7 Å². The first-order valence-corrected chi connectivity index (χ1v) is 10.2. The van der Waals surface area contributed by atoms with Gasteiger partial charge in [-0.25, -0.2) is 4.79 Å². The van der Waals surface area contributed by atoms with E-state index in [2.05, 4.69) is 46.9 Å². The molecule has 0 unspecified atom stereocenters. The van der Waals surface area contributed by atoms with E-state index in [4.69, 9.17) is 9.47 Å². The van der Waals surface area contributed by atoms with Crippen molar-refractivity contribution in [2.45, 2.75) is 64.8 Å². The minimum atomic E-state index is -0.420. The number of benzene rings is 1. The van der Waals surface area contributed by atoms with Gasteiger partial charge in [-0.1, -0.05) is 12.1 Å². The SMILES string of the molecule is CC(C)(C)OC(=O)N1CCC2(CC1)CC(OCc1ccc(I)cc1)C2. The third kappa shape index (κ3) is 5.09. The van der Waals surface area contributed by atoms with Gasteiger partial charge in [0.25, 0.3) is 0 Å². The maximum absolute atomic E-state index is 12.2. The quantitative estimate of drug-likeness (QED) is 0.601. The highest BCUT2D eigenvalue weighted by molar-refractivity contribution is 14.1. The van der Waals surface area contributed by atoms with Crippen LogP contribution >= 0.6 is 22.6 Å². The van der Waals surface area contributed by atoms with Crippen molar-refractivity contribution >= 4 is 28.7 Å². The molecule has 1 aliphatic heterocycles. The maximum Gasteiger partial charge on any atom is 0.410 e. The number of ether oxygens (including phenoxy) is 2. The summed E-state index contributed by atoms with van der Waals surface area (Å²) in [5.74, 6) is 0. The number of nitrogens with zero attached hydrogens (tertiary/aromatic N) is 1. The Kier molecular flexibility index (Phi) is 5.63. The molecule has 0 atom stereocenters. The molecule has 0 aromatic heterocycles. The molecule has 1 aliphatic carbocycles. The van der Waals surface area contributed by atoms with Gasteiger partial charge < -0.3 is 14.4 Å². The van der Waals surface area contributed by atoms with Crippen molar-refractivity contribution in [3.8, 4) is 0 Å². The van der Waals surface area contributed by atoms with Gasteiger partial charge in [0.2, 0.25) is 0 Å². The minimum Gasteiger partial charge on any atom is -0.444 e. The Morgan fingerprint density at radius 2 is 1.80 bits per heavy atom. The van der Waals surface area contributed by atoms with Crippen molar-refractivity contribution < 1.29 is 14.3 Å². The molecule has 0 bridgehead atoms. The van der Waals surface area contributed by atoms with E-state index < -0.39 is 5.60 Å². The van der Waals surface area contributed by atoms with Gasteiger partial charge in [-0.2, -0.15) is 0 Å². The van der Waals surface area contributed by atoms with Gasteiger partial charge in [0.1, 0.15) is 5.60 Å². The van der Waals surface area contributed by atoms with Crippen LogP contribution in [0.4, 0.5) is 4.79 Å². The Bertz CT molecular complexity index is 592. The molecular weight excluding hydrogens is 429 g/mol. The Morgan fingerprint density at radius 3 is 2.36 bits per heavy atom. The van der Waals surface area contributed by atoms with Crippen molar-refractivity contribution in [2.24, 2.45) is 5.41 Å². The number of hydrogen-bond donors (Lipinski definition) is 0. The summed E-state index contributed by atoms with van der Waals surface area (Å²) in [7, 11) is 0. The number of carbonyl (C=O) groups is 1. The molecule has 2 aliphatic rings. The summed E-state index contributed by atoms with van der Waals surface area (Å²) >= 11 is 2.32. The summed E-state index contributed by atoms with van der Waals surface area (Å²) in [6.07, 6.45) is 4.57. The second-order valence-electron chi connectivity index (χ2n) is 8.44. The van der Waals surface area contributed by atoms with Crippen LogP contribution in [-0.2, 0) is 16.1 Å². The Labute approximate surface area is 164 Å². The monoisotopic (exact) mass is 457 g/mol. The molecule has 138 valence electrons. The minimum absolute atomic E-state index is 0.173. The molecule has 25 heavy (non-hydrogen) atoms. The summed E-state index contributed by atoms with van der Waals surface area (Å²) < 4.78 is 12.8. The molecule has 3 rings (SSSR count). The van der Waals surface area contributed by atoms with Crippen LogP contribution in [0.2, 0.25) is 0 Å². The molecule has 0 radical (unpaired) electrons. The smallest absolute Gasteiger partial charge is 0.410 e. The third-order valence-corrected chi connectivity index (χ3v) is 5.92. The predicted octanol–water partition coefficient (Wildman–Crippen LogP) is 4.99. The van der Waals surface area contributed by atoms with Gasteiger partial charge in [0, 0.05) is 16.7 Å². The van der Waals surface area contributed by atoms with Crippen LogP contribution in [0.15, 0.2) is 24.3 Å². The van der Waals surface area contributed by atoms with Crippen LogP contribution < -0.4 is 0 Å². The second kappa shape index (κ2) is 7.43. The molecule has 4 nitrogen and oxygen atoms in total. The molecular formula is C20H28INO3. The molecule has 2 fully saturated rings. The van der Waals surface area contributed by atoms with Crippen LogP contribution in [0.5, 0.6) is 0 Å². The third-order valence-electron chi connectivity index (χ3n) is 5.20. The molecule has 1 heterocycles. The highest BCUT2D eigenvalue weighted by Gasteiger charge is 2.47. The molecule has 1 saturated heterocycles. The summed E-state index contributed by atoms with van der Waals surface area (Å²) in [6.45, 7) is 8.05. The lowest BCUT2D eigenvalue weighted by atomic mass is 9.61. The van der Waals surface area contributed by atoms with Crippen LogP contribution in [-0.4, -0.2) is 35.8 Å². The van der Waals surface area contributed by atoms with E-state index >= 15 is 0 Å². The number of likely N-dealkylation sites (tertiary alicyclic amines) is 1. The molecule has 1 amide bonds. The topological polar surface area (TPSA) is 38.8 Å². The number of halogens is 1. The van der Waals surface area contributed by atoms with Gasteiger partial charge in [-0.05, 0) is 92.2 Å². The fourth-order valence-electron chi connectivity index (χ4n) is 3.72. The first-order chi connectivity index (χ1) is 11.7. The number of amides is 1. The highest BCUT2D eigenvalue weighted by Crippen LogP contribution is 2.50. The molecule has 1 spiro atoms. The Morgan fingerprint density at radius 1 is 1.20 bits per heavy atom. The van der Waals surface area contributed by atoms with Crippen molar-refractivity contribution in [1.82, 2.24) is 4.90 Å². The van der Waals surface area contributed by atoms with Crippen LogP contribution in [0.3, 0.4) is 0 Å². The van der Waals surface area contributed by atoms with E-state index in [-0.39, 0.29) is 6.09 Å². The van der Waals surface area contributed by atoms with E-state index in [9.17, 15) is 4.79 Å². The van der Waals surface area contributed by atoms with Crippen LogP contribution in [0.25, 0.3) is 0 Å². The average molecular weight is 457 g/mol. The van der Waals surface area contributed by atoms with Crippen molar-refractivity contribution in [2.75, 3.05) is 13.1 Å². The van der Waals surface area contributed by atoms with Crippen molar-refractivity contribution in [3.63, 3.8) is 0 Å². The van der Waals surface area contributed by atoms with Gasteiger partial charge in [-0.3, -0.25) is 0 Å². The fourth-order valence-corrected chi connectivity index (χ4v) is 4.08. The van der Waals surface area contributed by atoms with E-state index in [0.29, 0.717) is 18.1 Å². The number of piperidine rings is 1. The highest BCUT2D eigenvalue weighted by atomic mass is 127. The lowest BCUT2D eigenvalue weighted by molar-refractivity contribution is -0.110. The van der Waals surface area contributed by atoms with Gasteiger partial charge >= 0.3 is 6.09 Å². The van der Waals surface area contributed by atoms with Gasteiger partial charge in [0.15, 0.2) is 0 Å². The average Bonchev–Trinajstić information content (AvgIpc) is 2.51. The zero-order valence-electron chi connectivity index (χ0n) is 15.4. The number of rotatable bonds is 3. The first kappa shape index (κ1) is 19.0. The van der Waals surface area contributed by atoms with Gasteiger partial charge in [0.05, 0.1) is 12.7 Å². The van der Waals surface area contributed by atoms with Crippen LogP contribution in [0, 0.1) is 8.99 Å². The Hall–Kier alpha value is -0.820. The second-order valence-corrected chi connectivity index (χ2v) is 9.68. The largest absolute Gasteiger partial charge is 0.444 e. The van der Waals surface area contributed by atoms with E-state index in [1.54, 1.807) is 0 Å². The van der Waals surface area contributed by atoms with Crippen molar-refractivity contribution in [1.29, 1.82) is 0 Å². The van der Waals surface area contributed by atoms with Crippen LogP contribution in [0.1, 0.15) is 52.0 Å². The zero-order chi connectivity index (χ0) is 18.1. The summed E-state index contributed by atoms with van der Waals surface area (Å²) in [4.78, 5) is 14.0. The fraction of sp³-hybridized carbons (Fsp3) is 0.650. The lowest BCUT2D eigenvalue weighted by Crippen LogP contribution is -2.51. The molecule has 0 N–H and O–H groups in total. The van der Waals surface area contributed by atoms with E-state index in [0.717, 1.165) is 38.8 Å². The molecule has 1 aromatic rings. The summed E-state index contributed by atoms with van der Waals surface area (Å²) in [5, 5.41) is 0. The normalized spacial score (nSPS) is 20.4. The Balaban J connectivity index is 1.39. The summed E-state index contributed by atoms with van der Waals surface area (Å²) in [6, 6.07) is 8.51. The molecule has 1 saturated carbocycles. The lowest BCUT2D eigenvalue weighted by Gasteiger charge is -2.51. The van der Waals surface area contributed by atoms with E-state index in [1.165, 1.54) is 9.13 Å². The standard InChI is InChI=1S/C20H28INO3/c1-19(2,3)25-18(23)22-10-8-20(9-11-22)12-17(13-20)24-14-15-4-6-16(21)7-5-15/h4-7,17H,8-14H2,1-3H3. The first-order valence-electron chi connectivity index (χ1n) is 9.09. The molecule has 5 heteroatoms. The summed E-state index contributed by atoms with van der Waals surface area (Å²) in [5.41, 5.74) is 1.20. The maximum atomic E-state index is 12.2. The number of hydrogen-bond acceptors (Lipinski definition) is 3. The van der Waals surface area contributed by atoms with Gasteiger partial charge in [-0.15, -0.1) is 0 Å². The molecule has 1 aromatic carbocycles. The number of carbonyl (C=O) groups excluding carboxylic acids is 1. The predicted molar refractivity (Wildman–Crippen MR) is 106 cm³/mol. The van der Waals surface area contributed by atoms with Crippen molar-refractivity contribution in [3.05, 3.63) is 33.4 Å².